The van der Waals surface area contributed by atoms with Crippen molar-refractivity contribution in [2.45, 2.75) is 35.8 Å². The van der Waals surface area contributed by atoms with Crippen molar-refractivity contribution >= 4 is 75.4 Å². The van der Waals surface area contributed by atoms with Gasteiger partial charge in [0.05, 0.1) is 32.2 Å². The summed E-state index contributed by atoms with van der Waals surface area (Å²) < 4.78 is 43.1. The van der Waals surface area contributed by atoms with Crippen molar-refractivity contribution in [1.29, 1.82) is 0 Å². The molecule has 4 aromatic rings. The number of anilines is 2. The average Bonchev–Trinajstić information content (AvgIpc) is 3.41. The van der Waals surface area contributed by atoms with E-state index < -0.39 is 63.7 Å². The second-order valence-electron chi connectivity index (χ2n) is 10.2. The zero-order valence-electron chi connectivity index (χ0n) is 22.5. The molecule has 226 valence electrons. The molecule has 3 heterocycles. The van der Waals surface area contributed by atoms with Crippen molar-refractivity contribution in [3.8, 4) is 0 Å². The number of para-hydroxylation sites is 2. The molecular weight excluding hydrogens is 658 g/mol. The molecule has 1 saturated heterocycles. The molecule has 3 aromatic carbocycles. The molecule has 2 aliphatic rings. The number of hydrogen-bond donors (Lipinski definition) is 1. The third-order valence-electron chi connectivity index (χ3n) is 7.54. The molecule has 6 rings (SSSR count). The van der Waals surface area contributed by atoms with Crippen molar-refractivity contribution in [2.24, 2.45) is 5.92 Å². The lowest BCUT2D eigenvalue weighted by Crippen LogP contribution is -2.33. The van der Waals surface area contributed by atoms with E-state index in [1.54, 1.807) is 24.3 Å². The Bertz CT molecular complexity index is 1910. The second-order valence-corrected chi connectivity index (χ2v) is 13.1. The van der Waals surface area contributed by atoms with Crippen molar-refractivity contribution in [2.75, 3.05) is 10.2 Å². The maximum Gasteiger partial charge on any atom is 0.418 e. The molecule has 14 heteroatoms. The molecular formula is C30H20Cl2F3N3O4S2. The van der Waals surface area contributed by atoms with E-state index in [1.165, 1.54) is 22.8 Å². The second kappa shape index (κ2) is 11.4. The monoisotopic (exact) mass is 677 g/mol. The fourth-order valence-corrected chi connectivity index (χ4v) is 8.73. The van der Waals surface area contributed by atoms with E-state index >= 15 is 0 Å². The first-order valence-electron chi connectivity index (χ1n) is 13.1. The molecule has 44 heavy (non-hydrogen) atoms. The molecule has 0 bridgehead atoms. The van der Waals surface area contributed by atoms with E-state index in [4.69, 9.17) is 23.2 Å². The maximum absolute atomic E-state index is 14.0. The van der Waals surface area contributed by atoms with Gasteiger partial charge in [0.1, 0.15) is 11.8 Å². The number of fused-ring (bicyclic) bond motifs is 2. The fraction of sp³-hybridized carbons (Fsp3) is 0.200. The minimum atomic E-state index is -4.84. The average molecular weight is 679 g/mol. The highest BCUT2D eigenvalue weighted by molar-refractivity contribution is 8.00. The van der Waals surface area contributed by atoms with Crippen molar-refractivity contribution in [3.63, 3.8) is 0 Å². The van der Waals surface area contributed by atoms with E-state index in [1.807, 2.05) is 19.1 Å². The van der Waals surface area contributed by atoms with Crippen LogP contribution in [0.15, 0.2) is 76.6 Å². The van der Waals surface area contributed by atoms with Crippen LogP contribution in [0.25, 0.3) is 0 Å². The normalized spacial score (nSPS) is 19.6. The summed E-state index contributed by atoms with van der Waals surface area (Å²) in [6.45, 7) is 1.41. The van der Waals surface area contributed by atoms with E-state index in [0.29, 0.717) is 21.0 Å². The molecule has 3 atom stereocenters. The number of imide groups is 1. The van der Waals surface area contributed by atoms with Crippen LogP contribution in [-0.4, -0.2) is 27.5 Å². The van der Waals surface area contributed by atoms with Gasteiger partial charge in [-0.15, -0.1) is 0 Å². The predicted molar refractivity (Wildman–Crippen MR) is 164 cm³/mol. The van der Waals surface area contributed by atoms with Crippen LogP contribution in [0.5, 0.6) is 0 Å². The van der Waals surface area contributed by atoms with Gasteiger partial charge in [0, 0.05) is 16.5 Å². The third-order valence-corrected chi connectivity index (χ3v) is 11.0. The fourth-order valence-electron chi connectivity index (χ4n) is 5.54. The molecule has 0 radical (unpaired) electrons. The van der Waals surface area contributed by atoms with Gasteiger partial charge in [-0.3, -0.25) is 23.7 Å². The first kappa shape index (κ1) is 30.4. The number of carbonyl (C=O) groups excluding carboxylic acids is 3. The van der Waals surface area contributed by atoms with E-state index in [9.17, 15) is 32.3 Å². The van der Waals surface area contributed by atoms with Gasteiger partial charge in [-0.05, 0) is 42.3 Å². The number of thiazole rings is 1. The molecule has 3 amide bonds. The highest BCUT2D eigenvalue weighted by Crippen LogP contribution is 2.55. The van der Waals surface area contributed by atoms with Crippen LogP contribution in [0.3, 0.4) is 0 Å². The molecule has 0 saturated carbocycles. The van der Waals surface area contributed by atoms with Crippen LogP contribution in [0.1, 0.15) is 27.5 Å². The highest BCUT2D eigenvalue weighted by Gasteiger charge is 2.58. The van der Waals surface area contributed by atoms with Crippen LogP contribution in [0.4, 0.5) is 24.5 Å². The number of thioether (sulfide) groups is 1. The van der Waals surface area contributed by atoms with E-state index in [0.717, 1.165) is 40.8 Å². The van der Waals surface area contributed by atoms with Crippen LogP contribution in [0.2, 0.25) is 10.0 Å². The van der Waals surface area contributed by atoms with Gasteiger partial charge in [-0.2, -0.15) is 13.2 Å². The number of nitrogens with one attached hydrogen (secondary N) is 1. The SMILES string of the molecule is Cc1ccccc1NC(=O)Cn1c2c(sc1=O)[C@@H](c1cccc(Cl)c1Cl)[C@@H]1C(=O)N(c3ccccc3C(F)(F)F)C(=O)[C@@H]1S2. The summed E-state index contributed by atoms with van der Waals surface area (Å²) in [5.41, 5.74) is -0.0219. The molecule has 0 spiro atoms. The Balaban J connectivity index is 1.47. The Hall–Kier alpha value is -3.58. The minimum Gasteiger partial charge on any atom is -0.324 e. The van der Waals surface area contributed by atoms with Crippen LogP contribution >= 0.6 is 46.3 Å². The summed E-state index contributed by atoms with van der Waals surface area (Å²) in [6, 6.07) is 16.2. The minimum absolute atomic E-state index is 0.0786. The van der Waals surface area contributed by atoms with Gasteiger partial charge in [0.15, 0.2) is 0 Å². The number of halogens is 5. The van der Waals surface area contributed by atoms with Crippen molar-refractivity contribution in [1.82, 2.24) is 4.57 Å². The molecule has 0 unspecified atom stereocenters. The van der Waals surface area contributed by atoms with Gasteiger partial charge >= 0.3 is 11.0 Å². The zero-order valence-corrected chi connectivity index (χ0v) is 25.7. The molecule has 1 aromatic heterocycles. The highest BCUT2D eigenvalue weighted by atomic mass is 35.5. The first-order valence-corrected chi connectivity index (χ1v) is 15.6. The molecule has 7 nitrogen and oxygen atoms in total. The van der Waals surface area contributed by atoms with Crippen LogP contribution < -0.4 is 15.1 Å². The van der Waals surface area contributed by atoms with Gasteiger partial charge in [0.25, 0.3) is 0 Å². The lowest BCUT2D eigenvalue weighted by atomic mass is 9.83. The number of hydrogen-bond acceptors (Lipinski definition) is 6. The summed E-state index contributed by atoms with van der Waals surface area (Å²) in [7, 11) is 0. The summed E-state index contributed by atoms with van der Waals surface area (Å²) in [5, 5.41) is 2.05. The quantitative estimate of drug-likeness (QED) is 0.230. The Kier molecular flexibility index (Phi) is 7.89. The molecule has 1 N–H and O–H groups in total. The zero-order chi connectivity index (χ0) is 31.5. The number of rotatable bonds is 5. The Labute approximate surface area is 266 Å². The van der Waals surface area contributed by atoms with Crippen molar-refractivity contribution < 1.29 is 27.6 Å². The Morgan fingerprint density at radius 3 is 2.39 bits per heavy atom. The standard InChI is InChI=1S/C30H20Cl2F3N3O4S2/c1-14-7-2-4-11-18(14)36-20(39)13-37-28-25(44-29(37)42)21(15-8-6-10-17(31)23(15)32)22-24(43-28)27(41)38(26(22)40)19-12-5-3-9-16(19)30(33,34)35/h2-12,21-22,24H,13H2,1H3,(H,36,39)/t21-,22-,24+/m0/s1. The number of aromatic nitrogens is 1. The number of benzene rings is 3. The summed E-state index contributed by atoms with van der Waals surface area (Å²) in [5.74, 6) is -4.44. The van der Waals surface area contributed by atoms with Gasteiger partial charge in [-0.25, -0.2) is 4.90 Å². The number of nitrogens with zero attached hydrogens (tertiary/aromatic N) is 2. The summed E-state index contributed by atoms with van der Waals surface area (Å²) in [4.78, 5) is 54.8. The Morgan fingerprint density at radius 2 is 1.66 bits per heavy atom. The van der Waals surface area contributed by atoms with E-state index in [-0.39, 0.29) is 15.1 Å². The largest absolute Gasteiger partial charge is 0.418 e. The molecule has 2 aliphatic heterocycles. The predicted octanol–water partition coefficient (Wildman–Crippen LogP) is 6.98. The van der Waals surface area contributed by atoms with E-state index in [2.05, 4.69) is 5.32 Å². The number of aryl methyl sites for hydroxylation is 1. The molecule has 1 fully saturated rings. The summed E-state index contributed by atoms with van der Waals surface area (Å²) >= 11 is 14.6. The van der Waals surface area contributed by atoms with Gasteiger partial charge in [0.2, 0.25) is 17.7 Å². The Morgan fingerprint density at radius 1 is 0.955 bits per heavy atom. The van der Waals surface area contributed by atoms with Crippen LogP contribution in [-0.2, 0) is 27.1 Å². The summed E-state index contributed by atoms with van der Waals surface area (Å²) in [6.07, 6.45) is -4.84. The van der Waals surface area contributed by atoms with Gasteiger partial charge < -0.3 is 5.32 Å². The molecule has 0 aliphatic carbocycles. The lowest BCUT2D eigenvalue weighted by molar-refractivity contribution is -0.137. The first-order chi connectivity index (χ1) is 20.9. The van der Waals surface area contributed by atoms with Crippen molar-refractivity contribution in [3.05, 3.63) is 108 Å². The van der Waals surface area contributed by atoms with Crippen LogP contribution in [0, 0.1) is 12.8 Å². The number of carbonyl (C=O) groups is 3. The number of alkyl halides is 3. The lowest BCUT2D eigenvalue weighted by Gasteiger charge is -2.31. The maximum atomic E-state index is 14.0. The van der Waals surface area contributed by atoms with Gasteiger partial charge in [-0.1, -0.05) is 88.8 Å². The third kappa shape index (κ3) is 5.13. The smallest absolute Gasteiger partial charge is 0.324 e. The topological polar surface area (TPSA) is 88.5 Å². The number of amides is 3.